The van der Waals surface area contributed by atoms with Crippen molar-refractivity contribution >= 4 is 11.6 Å². The molecule has 0 radical (unpaired) electrons. The molecular formula is C22H28N2O2. The smallest absolute Gasteiger partial charge is 0.271 e. The summed E-state index contributed by atoms with van der Waals surface area (Å²) >= 11 is 0. The summed E-state index contributed by atoms with van der Waals surface area (Å²) in [7, 11) is 0. The number of rotatable bonds is 6. The van der Waals surface area contributed by atoms with E-state index in [2.05, 4.69) is 50.4 Å². The van der Waals surface area contributed by atoms with Gasteiger partial charge in [-0.25, -0.2) is 5.43 Å². The molecule has 0 atom stereocenters. The highest BCUT2D eigenvalue weighted by Crippen LogP contribution is 2.22. The van der Waals surface area contributed by atoms with E-state index in [1.165, 1.54) is 5.56 Å². The Labute approximate surface area is 156 Å². The lowest BCUT2D eigenvalue weighted by atomic mass is 9.86. The van der Waals surface area contributed by atoms with Gasteiger partial charge in [-0.3, -0.25) is 4.79 Å². The monoisotopic (exact) mass is 352 g/mol. The lowest BCUT2D eigenvalue weighted by Gasteiger charge is -2.19. The van der Waals surface area contributed by atoms with E-state index in [1.807, 2.05) is 19.1 Å². The van der Waals surface area contributed by atoms with E-state index >= 15 is 0 Å². The van der Waals surface area contributed by atoms with E-state index in [9.17, 15) is 4.79 Å². The molecule has 26 heavy (non-hydrogen) atoms. The summed E-state index contributed by atoms with van der Waals surface area (Å²) in [5.74, 6) is 0.528. The lowest BCUT2D eigenvalue weighted by molar-refractivity contribution is 0.0955. The molecule has 0 aromatic heterocycles. The summed E-state index contributed by atoms with van der Waals surface area (Å²) in [6, 6.07) is 15.3. The van der Waals surface area contributed by atoms with Crippen LogP contribution in [0.1, 0.15) is 62.5 Å². The van der Waals surface area contributed by atoms with Gasteiger partial charge in [-0.1, -0.05) is 52.0 Å². The van der Waals surface area contributed by atoms with Crippen LogP contribution in [0.5, 0.6) is 5.75 Å². The number of hydrazone groups is 1. The first kappa shape index (κ1) is 19.7. The molecule has 0 aliphatic rings. The average Bonchev–Trinajstić information content (AvgIpc) is 2.64. The Morgan fingerprint density at radius 3 is 2.12 bits per heavy atom. The maximum absolute atomic E-state index is 12.2. The number of nitrogens with one attached hydrogen (secondary N) is 1. The molecule has 0 saturated heterocycles. The Bertz CT molecular complexity index is 754. The minimum Gasteiger partial charge on any atom is -0.494 e. The number of hydrogen-bond acceptors (Lipinski definition) is 3. The summed E-state index contributed by atoms with van der Waals surface area (Å²) in [4.78, 5) is 12.2. The SMILES string of the molecule is CCCOc1ccc(C(=O)N/N=C(/C)c2ccc(C(C)(C)C)cc2)cc1. The van der Waals surface area contributed by atoms with Crippen molar-refractivity contribution in [2.45, 2.75) is 46.5 Å². The lowest BCUT2D eigenvalue weighted by Crippen LogP contribution is -2.19. The van der Waals surface area contributed by atoms with Crippen LogP contribution in [0.4, 0.5) is 0 Å². The van der Waals surface area contributed by atoms with Crippen molar-refractivity contribution in [2.75, 3.05) is 6.61 Å². The molecule has 0 bridgehead atoms. The zero-order valence-corrected chi connectivity index (χ0v) is 16.3. The molecule has 0 spiro atoms. The Hall–Kier alpha value is -2.62. The van der Waals surface area contributed by atoms with Gasteiger partial charge in [0.1, 0.15) is 5.75 Å². The van der Waals surface area contributed by atoms with Crippen LogP contribution in [-0.4, -0.2) is 18.2 Å². The van der Waals surface area contributed by atoms with Gasteiger partial charge in [-0.05, 0) is 54.2 Å². The van der Waals surface area contributed by atoms with Crippen LogP contribution in [0.25, 0.3) is 0 Å². The Kier molecular flexibility index (Phi) is 6.56. The number of carbonyl (C=O) groups excluding carboxylic acids is 1. The summed E-state index contributed by atoms with van der Waals surface area (Å²) < 4.78 is 5.52. The largest absolute Gasteiger partial charge is 0.494 e. The van der Waals surface area contributed by atoms with Gasteiger partial charge in [0.2, 0.25) is 0 Å². The molecule has 0 fully saturated rings. The predicted octanol–water partition coefficient (Wildman–Crippen LogP) is 4.93. The van der Waals surface area contributed by atoms with Crippen molar-refractivity contribution in [2.24, 2.45) is 5.10 Å². The third-order valence-corrected chi connectivity index (χ3v) is 4.08. The predicted molar refractivity (Wildman–Crippen MR) is 107 cm³/mol. The van der Waals surface area contributed by atoms with Gasteiger partial charge < -0.3 is 4.74 Å². The van der Waals surface area contributed by atoms with E-state index in [0.29, 0.717) is 12.2 Å². The molecule has 2 aromatic rings. The Morgan fingerprint density at radius 1 is 1.00 bits per heavy atom. The van der Waals surface area contributed by atoms with Crippen LogP contribution >= 0.6 is 0 Å². The van der Waals surface area contributed by atoms with Gasteiger partial charge in [0.25, 0.3) is 5.91 Å². The third kappa shape index (κ3) is 5.45. The number of amides is 1. The second-order valence-electron chi connectivity index (χ2n) is 7.34. The molecule has 2 rings (SSSR count). The Morgan fingerprint density at radius 2 is 1.58 bits per heavy atom. The zero-order valence-electron chi connectivity index (χ0n) is 16.3. The fraction of sp³-hybridized carbons (Fsp3) is 0.364. The van der Waals surface area contributed by atoms with Crippen molar-refractivity contribution < 1.29 is 9.53 Å². The summed E-state index contributed by atoms with van der Waals surface area (Å²) in [5, 5.41) is 4.22. The maximum atomic E-state index is 12.2. The minimum atomic E-state index is -0.238. The molecule has 1 N–H and O–H groups in total. The van der Waals surface area contributed by atoms with Crippen LogP contribution in [0.2, 0.25) is 0 Å². The molecule has 4 nitrogen and oxygen atoms in total. The average molecular weight is 352 g/mol. The fourth-order valence-electron chi connectivity index (χ4n) is 2.40. The molecule has 0 heterocycles. The normalized spacial score (nSPS) is 12.0. The first-order chi connectivity index (χ1) is 12.3. The number of ether oxygens (including phenoxy) is 1. The standard InChI is InChI=1S/C22H28N2O2/c1-6-15-26-20-13-9-18(10-14-20)21(25)24-23-16(2)17-7-11-19(12-8-17)22(3,4)5/h7-14H,6,15H2,1-5H3,(H,24,25)/b23-16-. The molecular weight excluding hydrogens is 324 g/mol. The zero-order chi connectivity index (χ0) is 19.2. The molecule has 138 valence electrons. The van der Waals surface area contributed by atoms with Crippen molar-refractivity contribution in [3.8, 4) is 5.75 Å². The highest BCUT2D eigenvalue weighted by atomic mass is 16.5. The molecule has 0 aliphatic carbocycles. The summed E-state index contributed by atoms with van der Waals surface area (Å²) in [6.45, 7) is 11.2. The first-order valence-corrected chi connectivity index (χ1v) is 8.99. The molecule has 0 aliphatic heterocycles. The Balaban J connectivity index is 2.00. The first-order valence-electron chi connectivity index (χ1n) is 8.99. The number of carbonyl (C=O) groups is 1. The second-order valence-corrected chi connectivity index (χ2v) is 7.34. The number of nitrogens with zero attached hydrogens (tertiary/aromatic N) is 1. The maximum Gasteiger partial charge on any atom is 0.271 e. The molecule has 2 aromatic carbocycles. The topological polar surface area (TPSA) is 50.7 Å². The van der Waals surface area contributed by atoms with Gasteiger partial charge in [-0.2, -0.15) is 5.10 Å². The number of hydrogen-bond donors (Lipinski definition) is 1. The molecule has 0 unspecified atom stereocenters. The highest BCUT2D eigenvalue weighted by molar-refractivity contribution is 6.00. The van der Waals surface area contributed by atoms with Gasteiger partial charge in [0.05, 0.1) is 12.3 Å². The van der Waals surface area contributed by atoms with Crippen molar-refractivity contribution in [1.82, 2.24) is 5.43 Å². The van der Waals surface area contributed by atoms with E-state index in [0.717, 1.165) is 23.4 Å². The molecule has 0 saturated carbocycles. The summed E-state index contributed by atoms with van der Waals surface area (Å²) in [5.41, 5.74) is 6.30. The van der Waals surface area contributed by atoms with Crippen molar-refractivity contribution in [3.05, 3.63) is 65.2 Å². The van der Waals surface area contributed by atoms with Gasteiger partial charge in [0.15, 0.2) is 0 Å². The van der Waals surface area contributed by atoms with Crippen LogP contribution < -0.4 is 10.2 Å². The van der Waals surface area contributed by atoms with E-state index < -0.39 is 0 Å². The fourth-order valence-corrected chi connectivity index (χ4v) is 2.40. The van der Waals surface area contributed by atoms with Gasteiger partial charge in [0, 0.05) is 5.56 Å². The second kappa shape index (κ2) is 8.65. The van der Waals surface area contributed by atoms with E-state index in [1.54, 1.807) is 24.3 Å². The minimum absolute atomic E-state index is 0.116. The molecule has 1 amide bonds. The van der Waals surface area contributed by atoms with Crippen LogP contribution in [0, 0.1) is 0 Å². The van der Waals surface area contributed by atoms with E-state index in [4.69, 9.17) is 4.74 Å². The van der Waals surface area contributed by atoms with Crippen molar-refractivity contribution in [3.63, 3.8) is 0 Å². The summed E-state index contributed by atoms with van der Waals surface area (Å²) in [6.07, 6.45) is 0.951. The van der Waals surface area contributed by atoms with Gasteiger partial charge in [-0.15, -0.1) is 0 Å². The van der Waals surface area contributed by atoms with Crippen molar-refractivity contribution in [1.29, 1.82) is 0 Å². The molecule has 4 heteroatoms. The number of benzene rings is 2. The van der Waals surface area contributed by atoms with Crippen LogP contribution in [0.3, 0.4) is 0 Å². The van der Waals surface area contributed by atoms with Gasteiger partial charge >= 0.3 is 0 Å². The van der Waals surface area contributed by atoms with Crippen LogP contribution in [-0.2, 0) is 5.41 Å². The van der Waals surface area contributed by atoms with E-state index in [-0.39, 0.29) is 11.3 Å². The van der Waals surface area contributed by atoms with Crippen LogP contribution in [0.15, 0.2) is 53.6 Å². The highest BCUT2D eigenvalue weighted by Gasteiger charge is 2.13. The third-order valence-electron chi connectivity index (χ3n) is 4.08. The quantitative estimate of drug-likeness (QED) is 0.592.